The van der Waals surface area contributed by atoms with E-state index in [9.17, 15) is 27.9 Å². The van der Waals surface area contributed by atoms with E-state index in [1.807, 2.05) is 30.3 Å². The number of carbonyl (C=O) groups excluding carboxylic acids is 2. The van der Waals surface area contributed by atoms with Gasteiger partial charge < -0.3 is 35.1 Å². The summed E-state index contributed by atoms with van der Waals surface area (Å²) in [5.74, 6) is -2.12. The number of phenols is 1. The summed E-state index contributed by atoms with van der Waals surface area (Å²) in [5.41, 5.74) is 2.71. The molecule has 43 heavy (non-hydrogen) atoms. The molecule has 3 aromatic carbocycles. The third-order valence-corrected chi connectivity index (χ3v) is 6.44. The lowest BCUT2D eigenvalue weighted by atomic mass is 10.0. The first-order valence-electron chi connectivity index (χ1n) is 13.1. The Hall–Kier alpha value is -4.78. The Morgan fingerprint density at radius 2 is 1.47 bits per heavy atom. The maximum Gasteiger partial charge on any atom is 0.490 e. The predicted molar refractivity (Wildman–Crippen MR) is 149 cm³/mol. The van der Waals surface area contributed by atoms with Crippen molar-refractivity contribution in [1.82, 2.24) is 10.6 Å². The van der Waals surface area contributed by atoms with Crippen molar-refractivity contribution >= 4 is 17.8 Å². The number of carboxylic acid groups (broad SMARTS) is 1. The molecule has 1 saturated heterocycles. The van der Waals surface area contributed by atoms with E-state index in [1.165, 1.54) is 12.1 Å². The second kappa shape index (κ2) is 14.9. The van der Waals surface area contributed by atoms with Gasteiger partial charge in [-0.05, 0) is 79.0 Å². The number of amides is 1. The fraction of sp³-hybridized carbons (Fsp3) is 0.300. The van der Waals surface area contributed by atoms with Crippen LogP contribution in [-0.4, -0.2) is 73.7 Å². The lowest BCUT2D eigenvalue weighted by molar-refractivity contribution is -0.192. The van der Waals surface area contributed by atoms with Gasteiger partial charge in [0.15, 0.2) is 11.5 Å². The van der Waals surface area contributed by atoms with Crippen LogP contribution in [0.2, 0.25) is 0 Å². The van der Waals surface area contributed by atoms with Gasteiger partial charge in [-0.15, -0.1) is 0 Å². The van der Waals surface area contributed by atoms with Gasteiger partial charge in [0.05, 0.1) is 25.8 Å². The molecule has 1 aliphatic heterocycles. The number of methoxy groups -OCH3 is 2. The van der Waals surface area contributed by atoms with Gasteiger partial charge in [-0.2, -0.15) is 13.2 Å². The zero-order valence-corrected chi connectivity index (χ0v) is 23.3. The van der Waals surface area contributed by atoms with Crippen LogP contribution < -0.4 is 20.1 Å². The zero-order chi connectivity index (χ0) is 31.6. The van der Waals surface area contributed by atoms with Gasteiger partial charge in [0, 0.05) is 12.1 Å². The molecular formula is C30H31F3N2O8. The molecule has 0 spiro atoms. The molecule has 0 aromatic heterocycles. The van der Waals surface area contributed by atoms with E-state index >= 15 is 0 Å². The molecule has 1 aliphatic rings. The standard InChI is InChI=1S/C28H30N2O6.C2HF3O2/c1-34-25-14-11-21(16-26(25)35-2)18-5-7-20(8-6-18)28(33)36-24-4-3-15-29-17-23(24)30-27(32)19-9-12-22(31)13-10-19;3-2(4,5)1(6)7/h5-14,16,23-24,29,31H,3-4,15,17H2,1-2H3,(H,30,32);(H,6,7)/t23-,24-;/m1./s1. The smallest absolute Gasteiger partial charge is 0.490 e. The highest BCUT2D eigenvalue weighted by atomic mass is 19.4. The topological polar surface area (TPSA) is 143 Å². The molecule has 1 fully saturated rings. The van der Waals surface area contributed by atoms with E-state index in [2.05, 4.69) is 10.6 Å². The number of nitrogens with one attached hydrogen (secondary N) is 2. The molecule has 2 atom stereocenters. The van der Waals surface area contributed by atoms with Crippen molar-refractivity contribution in [2.75, 3.05) is 27.3 Å². The molecule has 4 rings (SSSR count). The Morgan fingerprint density at radius 1 is 0.884 bits per heavy atom. The van der Waals surface area contributed by atoms with Crippen LogP contribution in [0.4, 0.5) is 13.2 Å². The highest BCUT2D eigenvalue weighted by Crippen LogP contribution is 2.32. The lowest BCUT2D eigenvalue weighted by Crippen LogP contribution is -2.49. The minimum Gasteiger partial charge on any atom is -0.508 e. The van der Waals surface area contributed by atoms with Crippen molar-refractivity contribution in [3.05, 3.63) is 77.9 Å². The van der Waals surface area contributed by atoms with Gasteiger partial charge in [-0.25, -0.2) is 9.59 Å². The van der Waals surface area contributed by atoms with Crippen molar-refractivity contribution in [2.24, 2.45) is 0 Å². The molecule has 0 saturated carbocycles. The normalized spacial score (nSPS) is 16.5. The predicted octanol–water partition coefficient (Wildman–Crippen LogP) is 4.42. The van der Waals surface area contributed by atoms with Gasteiger partial charge in [0.25, 0.3) is 5.91 Å². The van der Waals surface area contributed by atoms with Crippen LogP contribution in [0.25, 0.3) is 11.1 Å². The molecule has 13 heteroatoms. The van der Waals surface area contributed by atoms with Gasteiger partial charge >= 0.3 is 18.1 Å². The summed E-state index contributed by atoms with van der Waals surface area (Å²) in [6, 6.07) is 18.5. The summed E-state index contributed by atoms with van der Waals surface area (Å²) in [5, 5.41) is 22.8. The third-order valence-electron chi connectivity index (χ3n) is 6.44. The molecule has 230 valence electrons. The second-order valence-electron chi connectivity index (χ2n) is 9.37. The van der Waals surface area contributed by atoms with Crippen LogP contribution in [0.3, 0.4) is 0 Å². The Balaban J connectivity index is 0.000000646. The van der Waals surface area contributed by atoms with Gasteiger partial charge in [-0.3, -0.25) is 4.79 Å². The van der Waals surface area contributed by atoms with E-state index in [0.717, 1.165) is 24.1 Å². The van der Waals surface area contributed by atoms with Gasteiger partial charge in [-0.1, -0.05) is 18.2 Å². The number of rotatable bonds is 7. The highest BCUT2D eigenvalue weighted by molar-refractivity contribution is 5.94. The summed E-state index contributed by atoms with van der Waals surface area (Å²) < 4.78 is 48.3. The molecule has 0 bridgehead atoms. The first-order chi connectivity index (χ1) is 20.4. The van der Waals surface area contributed by atoms with Crippen LogP contribution in [-0.2, 0) is 9.53 Å². The van der Waals surface area contributed by atoms with E-state index < -0.39 is 24.2 Å². The number of phenolic OH excluding ortho intramolecular Hbond substituents is 1. The number of aromatic hydroxyl groups is 1. The minimum absolute atomic E-state index is 0.0895. The van der Waals surface area contributed by atoms with Gasteiger partial charge in [0.2, 0.25) is 0 Å². The molecular weight excluding hydrogens is 573 g/mol. The zero-order valence-electron chi connectivity index (χ0n) is 23.3. The molecule has 10 nitrogen and oxygen atoms in total. The van der Waals surface area contributed by atoms with Crippen molar-refractivity contribution in [2.45, 2.75) is 31.2 Å². The monoisotopic (exact) mass is 604 g/mol. The first kappa shape index (κ1) is 32.7. The van der Waals surface area contributed by atoms with Crippen molar-refractivity contribution < 1.29 is 52.0 Å². The average Bonchev–Trinajstić information content (AvgIpc) is 3.21. The first-order valence-corrected chi connectivity index (χ1v) is 13.1. The number of aliphatic carboxylic acids is 1. The maximum absolute atomic E-state index is 13.0. The number of alkyl halides is 3. The summed E-state index contributed by atoms with van der Waals surface area (Å²) in [6.07, 6.45) is -4.11. The fourth-order valence-electron chi connectivity index (χ4n) is 4.19. The summed E-state index contributed by atoms with van der Waals surface area (Å²) in [4.78, 5) is 34.6. The number of carboxylic acids is 1. The number of esters is 1. The SMILES string of the molecule is COc1ccc(-c2ccc(C(=O)O[C@@H]3CCCNC[C@H]3NC(=O)c3ccc(O)cc3)cc2)cc1OC.O=C(O)C(F)(F)F. The minimum atomic E-state index is -5.08. The number of halogens is 3. The number of benzene rings is 3. The van der Waals surface area contributed by atoms with Crippen molar-refractivity contribution in [3.63, 3.8) is 0 Å². The van der Waals surface area contributed by atoms with E-state index in [0.29, 0.717) is 35.6 Å². The van der Waals surface area contributed by atoms with Crippen LogP contribution >= 0.6 is 0 Å². The lowest BCUT2D eigenvalue weighted by Gasteiger charge is -2.26. The molecule has 0 radical (unpaired) electrons. The summed E-state index contributed by atoms with van der Waals surface area (Å²) >= 11 is 0. The van der Waals surface area contributed by atoms with E-state index in [4.69, 9.17) is 24.1 Å². The van der Waals surface area contributed by atoms with E-state index in [-0.39, 0.29) is 17.7 Å². The molecule has 4 N–H and O–H groups in total. The van der Waals surface area contributed by atoms with Crippen LogP contribution in [0.15, 0.2) is 66.7 Å². The van der Waals surface area contributed by atoms with Crippen LogP contribution in [0, 0.1) is 0 Å². The van der Waals surface area contributed by atoms with Crippen LogP contribution in [0.5, 0.6) is 17.2 Å². The number of ether oxygens (including phenoxy) is 3. The summed E-state index contributed by atoms with van der Waals surface area (Å²) in [6.45, 7) is 1.26. The number of hydrogen-bond donors (Lipinski definition) is 4. The Bertz CT molecular complexity index is 1400. The van der Waals surface area contributed by atoms with Crippen molar-refractivity contribution in [1.29, 1.82) is 0 Å². The molecule has 0 aliphatic carbocycles. The maximum atomic E-state index is 13.0. The van der Waals surface area contributed by atoms with Gasteiger partial charge in [0.1, 0.15) is 11.9 Å². The molecule has 1 heterocycles. The average molecular weight is 605 g/mol. The van der Waals surface area contributed by atoms with Crippen molar-refractivity contribution in [3.8, 4) is 28.4 Å². The van der Waals surface area contributed by atoms with E-state index in [1.54, 1.807) is 38.5 Å². The molecule has 0 unspecified atom stereocenters. The van der Waals surface area contributed by atoms with Crippen LogP contribution in [0.1, 0.15) is 33.6 Å². The third kappa shape index (κ3) is 9.36. The largest absolute Gasteiger partial charge is 0.508 e. The Labute approximate surface area is 245 Å². The Kier molecular flexibility index (Phi) is 11.4. The molecule has 3 aromatic rings. The summed E-state index contributed by atoms with van der Waals surface area (Å²) in [7, 11) is 3.18. The number of carbonyl (C=O) groups is 3. The quantitative estimate of drug-likeness (QED) is 0.288. The number of hydrogen-bond acceptors (Lipinski definition) is 8. The highest BCUT2D eigenvalue weighted by Gasteiger charge is 2.38. The second-order valence-corrected chi connectivity index (χ2v) is 9.37. The Morgan fingerprint density at radius 3 is 2.05 bits per heavy atom. The molecule has 1 amide bonds. The fourth-order valence-corrected chi connectivity index (χ4v) is 4.19.